The summed E-state index contributed by atoms with van der Waals surface area (Å²) in [5.41, 5.74) is 4.38. The van der Waals surface area contributed by atoms with Gasteiger partial charge in [0.05, 0.1) is 12.7 Å². The highest BCUT2D eigenvalue weighted by Crippen LogP contribution is 2.07. The predicted octanol–water partition coefficient (Wildman–Crippen LogP) is 2.70. The van der Waals surface area contributed by atoms with Crippen molar-refractivity contribution in [2.24, 2.45) is 0 Å². The molecule has 1 aromatic carbocycles. The normalized spacial score (nSPS) is 10.5. The lowest BCUT2D eigenvalue weighted by Gasteiger charge is -2.07. The van der Waals surface area contributed by atoms with Crippen molar-refractivity contribution in [1.82, 2.24) is 25.3 Å². The Bertz CT molecular complexity index is 875. The monoisotopic (exact) mass is 350 g/mol. The quantitative estimate of drug-likeness (QED) is 0.716. The van der Waals surface area contributed by atoms with Gasteiger partial charge in [0.25, 0.3) is 0 Å². The Kier molecular flexibility index (Phi) is 5.58. The molecule has 0 atom stereocenters. The molecule has 2 N–H and O–H groups in total. The van der Waals surface area contributed by atoms with Gasteiger partial charge in [-0.15, -0.1) is 5.10 Å². The molecular weight excluding hydrogens is 328 g/mol. The number of carbonyl (C=O) groups excluding carboxylic acids is 1. The van der Waals surface area contributed by atoms with E-state index in [-0.39, 0.29) is 6.03 Å². The van der Waals surface area contributed by atoms with E-state index in [0.717, 1.165) is 22.4 Å². The number of aromatic nitrogens is 4. The Hall–Kier alpha value is -3.22. The smallest absolute Gasteiger partial charge is 0.320 e. The van der Waals surface area contributed by atoms with Crippen LogP contribution in [-0.4, -0.2) is 32.6 Å². The number of aryl methyl sites for hydroxylation is 2. The molecule has 0 aliphatic heterocycles. The fourth-order valence-electron chi connectivity index (χ4n) is 2.66. The van der Waals surface area contributed by atoms with Crippen molar-refractivity contribution in [2.75, 3.05) is 11.9 Å². The topological polar surface area (TPSA) is 84.7 Å². The third-order valence-electron chi connectivity index (χ3n) is 3.94. The molecule has 0 radical (unpaired) electrons. The zero-order valence-corrected chi connectivity index (χ0v) is 14.9. The Balaban J connectivity index is 1.46. The Morgan fingerprint density at radius 2 is 2.00 bits per heavy atom. The molecule has 0 saturated carbocycles. The number of nitrogens with one attached hydrogen (secondary N) is 2. The molecule has 26 heavy (non-hydrogen) atoms. The molecule has 0 fully saturated rings. The van der Waals surface area contributed by atoms with Crippen molar-refractivity contribution < 1.29 is 4.79 Å². The molecule has 2 amide bonds. The maximum absolute atomic E-state index is 12.0. The fraction of sp³-hybridized carbons (Fsp3) is 0.263. The number of rotatable bonds is 6. The Morgan fingerprint density at radius 3 is 2.77 bits per heavy atom. The number of nitrogens with zero attached hydrogens (tertiary/aromatic N) is 4. The predicted molar refractivity (Wildman–Crippen MR) is 100 cm³/mol. The molecule has 0 saturated heterocycles. The van der Waals surface area contributed by atoms with Crippen LogP contribution in [0.3, 0.4) is 0 Å². The molecule has 134 valence electrons. The Labute approximate surface area is 152 Å². The SMILES string of the molecule is Cc1cnc(CCNC(=O)Nc2cn(Cc3ccccc3)nn2)c(C)c1. The minimum absolute atomic E-state index is 0.304. The molecule has 0 aliphatic carbocycles. The van der Waals surface area contributed by atoms with Gasteiger partial charge in [0.1, 0.15) is 0 Å². The summed E-state index contributed by atoms with van der Waals surface area (Å²) in [6, 6.07) is 11.7. The van der Waals surface area contributed by atoms with E-state index in [2.05, 4.69) is 32.0 Å². The van der Waals surface area contributed by atoms with Crippen LogP contribution in [0.5, 0.6) is 0 Å². The van der Waals surface area contributed by atoms with Crippen LogP contribution in [-0.2, 0) is 13.0 Å². The summed E-state index contributed by atoms with van der Waals surface area (Å²) >= 11 is 0. The van der Waals surface area contributed by atoms with Crippen LogP contribution in [0.4, 0.5) is 10.6 Å². The summed E-state index contributed by atoms with van der Waals surface area (Å²) in [6.07, 6.45) is 4.23. The summed E-state index contributed by atoms with van der Waals surface area (Å²) < 4.78 is 1.69. The van der Waals surface area contributed by atoms with Crippen LogP contribution in [0.2, 0.25) is 0 Å². The standard InChI is InChI=1S/C19H22N6O/c1-14-10-15(2)17(21-11-14)8-9-20-19(26)22-18-13-25(24-23-18)12-16-6-4-3-5-7-16/h3-7,10-11,13H,8-9,12H2,1-2H3,(H2,20,22,26). The second-order valence-electron chi connectivity index (χ2n) is 6.19. The van der Waals surface area contributed by atoms with Gasteiger partial charge >= 0.3 is 6.03 Å². The molecule has 7 nitrogen and oxygen atoms in total. The van der Waals surface area contributed by atoms with Gasteiger partial charge in [-0.05, 0) is 30.5 Å². The molecule has 0 spiro atoms. The molecule has 3 aromatic rings. The van der Waals surface area contributed by atoms with Crippen LogP contribution < -0.4 is 10.6 Å². The van der Waals surface area contributed by atoms with Crippen LogP contribution in [0.25, 0.3) is 0 Å². The second-order valence-corrected chi connectivity index (χ2v) is 6.19. The molecule has 3 rings (SSSR count). The van der Waals surface area contributed by atoms with Gasteiger partial charge in [-0.1, -0.05) is 41.6 Å². The van der Waals surface area contributed by atoms with E-state index in [9.17, 15) is 4.79 Å². The second kappa shape index (κ2) is 8.24. The van der Waals surface area contributed by atoms with Crippen molar-refractivity contribution >= 4 is 11.8 Å². The maximum atomic E-state index is 12.0. The van der Waals surface area contributed by atoms with Gasteiger partial charge in [-0.3, -0.25) is 10.3 Å². The van der Waals surface area contributed by atoms with Crippen molar-refractivity contribution in [3.05, 3.63) is 71.2 Å². The average Bonchev–Trinajstić information content (AvgIpc) is 3.04. The van der Waals surface area contributed by atoms with Gasteiger partial charge in [0.15, 0.2) is 5.82 Å². The van der Waals surface area contributed by atoms with Crippen molar-refractivity contribution in [1.29, 1.82) is 0 Å². The van der Waals surface area contributed by atoms with E-state index in [1.165, 1.54) is 0 Å². The Morgan fingerprint density at radius 1 is 1.19 bits per heavy atom. The van der Waals surface area contributed by atoms with Crippen LogP contribution in [0.15, 0.2) is 48.8 Å². The number of urea groups is 1. The molecular formula is C19H22N6O. The minimum Gasteiger partial charge on any atom is -0.337 e. The van der Waals surface area contributed by atoms with Crippen molar-refractivity contribution in [3.8, 4) is 0 Å². The summed E-state index contributed by atoms with van der Waals surface area (Å²) in [5.74, 6) is 0.420. The third kappa shape index (κ3) is 4.89. The molecule has 0 aliphatic rings. The molecule has 0 unspecified atom stereocenters. The van der Waals surface area contributed by atoms with Crippen molar-refractivity contribution in [2.45, 2.75) is 26.8 Å². The summed E-state index contributed by atoms with van der Waals surface area (Å²) in [6.45, 7) is 5.15. The number of amides is 2. The molecule has 7 heteroatoms. The molecule has 2 heterocycles. The van der Waals surface area contributed by atoms with Crippen LogP contribution in [0, 0.1) is 13.8 Å². The average molecular weight is 350 g/mol. The van der Waals surface area contributed by atoms with E-state index >= 15 is 0 Å². The van der Waals surface area contributed by atoms with Gasteiger partial charge in [-0.2, -0.15) is 0 Å². The highest BCUT2D eigenvalue weighted by atomic mass is 16.2. The molecule has 2 aromatic heterocycles. The lowest BCUT2D eigenvalue weighted by atomic mass is 10.1. The van der Waals surface area contributed by atoms with Gasteiger partial charge in [0.2, 0.25) is 0 Å². The van der Waals surface area contributed by atoms with E-state index in [1.54, 1.807) is 10.9 Å². The van der Waals surface area contributed by atoms with Gasteiger partial charge < -0.3 is 5.32 Å². The highest BCUT2D eigenvalue weighted by Gasteiger charge is 2.07. The number of hydrogen-bond acceptors (Lipinski definition) is 4. The zero-order chi connectivity index (χ0) is 18.4. The van der Waals surface area contributed by atoms with E-state index in [1.807, 2.05) is 50.4 Å². The lowest BCUT2D eigenvalue weighted by Crippen LogP contribution is -2.30. The van der Waals surface area contributed by atoms with Crippen LogP contribution in [0.1, 0.15) is 22.4 Å². The number of benzene rings is 1. The highest BCUT2D eigenvalue weighted by molar-refractivity contribution is 5.87. The number of anilines is 1. The van der Waals surface area contributed by atoms with Gasteiger partial charge in [0, 0.05) is 24.9 Å². The van der Waals surface area contributed by atoms with Gasteiger partial charge in [-0.25, -0.2) is 9.48 Å². The number of hydrogen-bond donors (Lipinski definition) is 2. The number of carbonyl (C=O) groups is 1. The minimum atomic E-state index is -0.304. The summed E-state index contributed by atoms with van der Waals surface area (Å²) in [5, 5.41) is 13.5. The first-order chi connectivity index (χ1) is 12.6. The van der Waals surface area contributed by atoms with Crippen LogP contribution >= 0.6 is 0 Å². The zero-order valence-electron chi connectivity index (χ0n) is 14.9. The molecule has 0 bridgehead atoms. The van der Waals surface area contributed by atoms with E-state index in [0.29, 0.717) is 25.3 Å². The number of pyridine rings is 1. The summed E-state index contributed by atoms with van der Waals surface area (Å²) in [7, 11) is 0. The summed E-state index contributed by atoms with van der Waals surface area (Å²) in [4.78, 5) is 16.4. The third-order valence-corrected chi connectivity index (χ3v) is 3.94. The maximum Gasteiger partial charge on any atom is 0.320 e. The van der Waals surface area contributed by atoms with Crippen molar-refractivity contribution in [3.63, 3.8) is 0 Å². The van der Waals surface area contributed by atoms with E-state index < -0.39 is 0 Å². The fourth-order valence-corrected chi connectivity index (χ4v) is 2.66. The first-order valence-corrected chi connectivity index (χ1v) is 8.51. The largest absolute Gasteiger partial charge is 0.337 e. The first kappa shape index (κ1) is 17.6. The first-order valence-electron chi connectivity index (χ1n) is 8.51. The lowest BCUT2D eigenvalue weighted by molar-refractivity contribution is 0.252. The van der Waals surface area contributed by atoms with E-state index in [4.69, 9.17) is 0 Å².